The second kappa shape index (κ2) is 7.13. The summed E-state index contributed by atoms with van der Waals surface area (Å²) in [6.07, 6.45) is 4.38. The predicted octanol–water partition coefficient (Wildman–Crippen LogP) is 2.75. The molecule has 1 aliphatic heterocycles. The largest absolute Gasteiger partial charge is 0.455 e. The fourth-order valence-electron chi connectivity index (χ4n) is 3.00. The van der Waals surface area contributed by atoms with Gasteiger partial charge in [0.25, 0.3) is 5.89 Å². The number of anilines is 1. The van der Waals surface area contributed by atoms with Crippen molar-refractivity contribution < 1.29 is 17.3 Å². The van der Waals surface area contributed by atoms with Crippen molar-refractivity contribution in [3.63, 3.8) is 0 Å². The summed E-state index contributed by atoms with van der Waals surface area (Å²) < 4.78 is 37.2. The Kier molecular flexibility index (Phi) is 5.07. The van der Waals surface area contributed by atoms with Crippen molar-refractivity contribution in [3.05, 3.63) is 17.5 Å². The molecule has 2 aromatic rings. The third-order valence-electron chi connectivity index (χ3n) is 4.45. The Morgan fingerprint density at radius 3 is 2.42 bits per heavy atom. The summed E-state index contributed by atoms with van der Waals surface area (Å²) in [4.78, 5) is 6.30. The average molecular weight is 378 g/mol. The summed E-state index contributed by atoms with van der Waals surface area (Å²) in [5.41, 5.74) is 0.188. The molecule has 0 spiro atoms. The van der Waals surface area contributed by atoms with Crippen LogP contribution in [0.5, 0.6) is 0 Å². The summed E-state index contributed by atoms with van der Waals surface area (Å²) in [7, 11) is -0.722. The number of furan rings is 1. The van der Waals surface area contributed by atoms with E-state index in [1.807, 2.05) is 4.90 Å². The van der Waals surface area contributed by atoms with E-state index < -0.39 is 10.0 Å². The minimum atomic E-state index is -3.63. The molecule has 1 aliphatic rings. The van der Waals surface area contributed by atoms with Gasteiger partial charge < -0.3 is 13.7 Å². The molecule has 3 rings (SSSR count). The van der Waals surface area contributed by atoms with Gasteiger partial charge in [-0.2, -0.15) is 10.2 Å². The highest BCUT2D eigenvalue weighted by atomic mass is 32.2. The Bertz CT molecular complexity index is 929. The van der Waals surface area contributed by atoms with E-state index >= 15 is 0 Å². The molecule has 8 nitrogen and oxygen atoms in total. The van der Waals surface area contributed by atoms with Crippen LogP contribution in [0.2, 0.25) is 0 Å². The maximum absolute atomic E-state index is 12.4. The number of aryl methyl sites for hydroxylation is 1. The molecule has 2 aromatic heterocycles. The lowest BCUT2D eigenvalue weighted by Gasteiger charge is -2.18. The topological polar surface area (TPSA) is 104 Å². The lowest BCUT2D eigenvalue weighted by Crippen LogP contribution is -2.24. The highest BCUT2D eigenvalue weighted by Crippen LogP contribution is 2.33. The zero-order valence-electron chi connectivity index (χ0n) is 15.2. The Balaban J connectivity index is 2.00. The molecule has 0 unspecified atom stereocenters. The number of rotatable bonds is 4. The first-order chi connectivity index (χ1) is 12.3. The first-order valence-electron chi connectivity index (χ1n) is 8.54. The molecule has 0 N–H and O–H groups in total. The van der Waals surface area contributed by atoms with Crippen molar-refractivity contribution in [1.82, 2.24) is 9.29 Å². The maximum atomic E-state index is 12.4. The van der Waals surface area contributed by atoms with Gasteiger partial charge >= 0.3 is 0 Å². The summed E-state index contributed by atoms with van der Waals surface area (Å²) in [5.74, 6) is 0.988. The molecule has 1 fully saturated rings. The van der Waals surface area contributed by atoms with E-state index in [2.05, 4.69) is 11.1 Å². The molecule has 9 heteroatoms. The van der Waals surface area contributed by atoms with Crippen LogP contribution in [0.1, 0.15) is 37.1 Å². The Morgan fingerprint density at radius 1 is 1.19 bits per heavy atom. The molecule has 0 amide bonds. The molecule has 0 radical (unpaired) electrons. The molecular weight excluding hydrogens is 356 g/mol. The molecule has 3 heterocycles. The van der Waals surface area contributed by atoms with Gasteiger partial charge in [0.15, 0.2) is 5.76 Å². The highest BCUT2D eigenvalue weighted by molar-refractivity contribution is 7.89. The SMILES string of the molecule is Cc1oc(-c2nc(C#N)c(N3CCCCCC3)o2)cc1S(=O)(=O)N(C)C. The van der Waals surface area contributed by atoms with Gasteiger partial charge in [-0.25, -0.2) is 12.7 Å². The van der Waals surface area contributed by atoms with E-state index in [1.54, 1.807) is 6.92 Å². The van der Waals surface area contributed by atoms with E-state index in [9.17, 15) is 13.7 Å². The number of nitriles is 1. The van der Waals surface area contributed by atoms with Gasteiger partial charge in [0.05, 0.1) is 0 Å². The molecule has 0 atom stereocenters. The summed E-state index contributed by atoms with van der Waals surface area (Å²) in [6, 6.07) is 3.45. The van der Waals surface area contributed by atoms with Crippen LogP contribution < -0.4 is 4.90 Å². The van der Waals surface area contributed by atoms with Crippen LogP contribution in [0.3, 0.4) is 0 Å². The second-order valence-corrected chi connectivity index (χ2v) is 8.62. The van der Waals surface area contributed by atoms with Crippen molar-refractivity contribution in [2.75, 3.05) is 32.1 Å². The van der Waals surface area contributed by atoms with E-state index in [4.69, 9.17) is 8.83 Å². The van der Waals surface area contributed by atoms with Gasteiger partial charge in [-0.1, -0.05) is 12.8 Å². The lowest BCUT2D eigenvalue weighted by atomic mass is 10.2. The summed E-state index contributed by atoms with van der Waals surface area (Å²) in [6.45, 7) is 3.19. The Labute approximate surface area is 153 Å². The fraction of sp³-hybridized carbons (Fsp3) is 0.529. The first-order valence-corrected chi connectivity index (χ1v) is 9.98. The Morgan fingerprint density at radius 2 is 1.85 bits per heavy atom. The van der Waals surface area contributed by atoms with E-state index in [0.29, 0.717) is 5.88 Å². The standard InChI is InChI=1S/C17H22N4O4S/c1-12-15(26(22,23)20(2)3)10-14(24-12)16-19-13(11-18)17(25-16)21-8-6-4-5-7-9-21/h10H,4-9H2,1-3H3. The first kappa shape index (κ1) is 18.5. The zero-order chi connectivity index (χ0) is 18.9. The molecule has 26 heavy (non-hydrogen) atoms. The number of hydrogen-bond acceptors (Lipinski definition) is 7. The van der Waals surface area contributed by atoms with Crippen molar-refractivity contribution >= 4 is 15.9 Å². The number of sulfonamides is 1. The number of nitrogens with zero attached hydrogens (tertiary/aromatic N) is 4. The minimum absolute atomic E-state index is 0.0607. The van der Waals surface area contributed by atoms with Gasteiger partial charge in [0.1, 0.15) is 16.7 Å². The zero-order valence-corrected chi connectivity index (χ0v) is 16.0. The monoisotopic (exact) mass is 378 g/mol. The molecule has 0 bridgehead atoms. The molecule has 140 valence electrons. The van der Waals surface area contributed by atoms with Gasteiger partial charge in [-0.15, -0.1) is 0 Å². The maximum Gasteiger partial charge on any atom is 0.266 e. The summed E-state index contributed by atoms with van der Waals surface area (Å²) >= 11 is 0. The predicted molar refractivity (Wildman–Crippen MR) is 95.2 cm³/mol. The van der Waals surface area contributed by atoms with Crippen molar-refractivity contribution in [2.24, 2.45) is 0 Å². The van der Waals surface area contributed by atoms with Crippen molar-refractivity contribution in [3.8, 4) is 17.7 Å². The van der Waals surface area contributed by atoms with E-state index in [1.165, 1.54) is 20.2 Å². The number of oxazole rings is 1. The highest BCUT2D eigenvalue weighted by Gasteiger charge is 2.27. The normalized spacial score (nSPS) is 15.9. The van der Waals surface area contributed by atoms with Crippen LogP contribution in [0.15, 0.2) is 19.8 Å². The third-order valence-corrected chi connectivity index (χ3v) is 6.37. The van der Waals surface area contributed by atoms with Gasteiger partial charge in [0, 0.05) is 33.3 Å². The quantitative estimate of drug-likeness (QED) is 0.805. The minimum Gasteiger partial charge on any atom is -0.455 e. The average Bonchev–Trinajstić information content (AvgIpc) is 3.09. The summed E-state index contributed by atoms with van der Waals surface area (Å²) in [5, 5.41) is 9.41. The fourth-order valence-corrected chi connectivity index (χ4v) is 4.06. The molecule has 0 saturated carbocycles. The van der Waals surface area contributed by atoms with E-state index in [-0.39, 0.29) is 28.0 Å². The van der Waals surface area contributed by atoms with Crippen LogP contribution in [0.25, 0.3) is 11.7 Å². The smallest absolute Gasteiger partial charge is 0.266 e. The third kappa shape index (κ3) is 3.34. The number of aromatic nitrogens is 1. The van der Waals surface area contributed by atoms with Crippen LogP contribution in [0.4, 0.5) is 5.88 Å². The lowest BCUT2D eigenvalue weighted by molar-refractivity contribution is 0.486. The van der Waals surface area contributed by atoms with Crippen molar-refractivity contribution in [2.45, 2.75) is 37.5 Å². The van der Waals surface area contributed by atoms with Crippen LogP contribution in [0, 0.1) is 18.3 Å². The van der Waals surface area contributed by atoms with E-state index in [0.717, 1.165) is 43.1 Å². The number of hydrogen-bond donors (Lipinski definition) is 0. The second-order valence-electron chi connectivity index (χ2n) is 6.50. The Hall–Kier alpha value is -2.31. The van der Waals surface area contributed by atoms with Gasteiger partial charge in [-0.3, -0.25) is 0 Å². The molecule has 1 saturated heterocycles. The molecule has 0 aliphatic carbocycles. The van der Waals surface area contributed by atoms with Crippen LogP contribution in [-0.4, -0.2) is 44.9 Å². The molecular formula is C17H22N4O4S. The molecule has 0 aromatic carbocycles. The van der Waals surface area contributed by atoms with Gasteiger partial charge in [0.2, 0.25) is 21.6 Å². The van der Waals surface area contributed by atoms with Crippen LogP contribution in [-0.2, 0) is 10.0 Å². The van der Waals surface area contributed by atoms with Crippen molar-refractivity contribution in [1.29, 1.82) is 5.26 Å². The van der Waals surface area contributed by atoms with Gasteiger partial charge in [-0.05, 0) is 19.8 Å². The van der Waals surface area contributed by atoms with Crippen LogP contribution >= 0.6 is 0 Å².